The van der Waals surface area contributed by atoms with Crippen LogP contribution < -0.4 is 10.2 Å². The first kappa shape index (κ1) is 13.7. The molecule has 0 aliphatic rings. The second kappa shape index (κ2) is 6.44. The van der Waals surface area contributed by atoms with Crippen molar-refractivity contribution in [2.24, 2.45) is 0 Å². The average Bonchev–Trinajstić information content (AvgIpc) is 3.02. The van der Waals surface area contributed by atoms with Crippen LogP contribution in [0.1, 0.15) is 25.2 Å². The predicted molar refractivity (Wildman–Crippen MR) is 74.9 cm³/mol. The molecule has 2 heterocycles. The molecule has 2 aromatic heterocycles. The molecule has 102 valence electrons. The van der Waals surface area contributed by atoms with Crippen molar-refractivity contribution in [3.8, 4) is 0 Å². The molecule has 2 N–H and O–H groups in total. The molecule has 2 aromatic rings. The van der Waals surface area contributed by atoms with E-state index in [4.69, 9.17) is 0 Å². The molecule has 0 atom stereocenters. The van der Waals surface area contributed by atoms with Crippen LogP contribution in [0, 0.1) is 0 Å². The molecular formula is C12H17N5OS. The maximum absolute atomic E-state index is 11.4. The lowest BCUT2D eigenvalue weighted by Crippen LogP contribution is -2.27. The molecule has 0 saturated carbocycles. The van der Waals surface area contributed by atoms with E-state index < -0.39 is 0 Å². The second-order valence-electron chi connectivity index (χ2n) is 4.07. The lowest BCUT2D eigenvalue weighted by atomic mass is 10.4. The number of thiazole rings is 1. The fourth-order valence-corrected chi connectivity index (χ4v) is 2.63. The number of aromatic amines is 1. The van der Waals surface area contributed by atoms with Crippen LogP contribution in [-0.2, 0) is 17.9 Å². The summed E-state index contributed by atoms with van der Waals surface area (Å²) in [5.41, 5.74) is 1.98. The van der Waals surface area contributed by atoms with Gasteiger partial charge in [-0.2, -0.15) is 0 Å². The smallest absolute Gasteiger partial charge is 0.225 e. The Labute approximate surface area is 115 Å². The standard InChI is InChI=1S/C12H17N5OS/c1-3-17(9(2)18)12-16-11(7-19-12)6-13-4-10-5-14-8-15-10/h5,7-8,13H,3-4,6H2,1-2H3,(H,14,15). The van der Waals surface area contributed by atoms with E-state index in [9.17, 15) is 4.79 Å². The fourth-order valence-electron chi connectivity index (χ4n) is 1.70. The monoisotopic (exact) mass is 279 g/mol. The number of carbonyl (C=O) groups excluding carboxylic acids is 1. The first-order valence-corrected chi connectivity index (χ1v) is 6.99. The van der Waals surface area contributed by atoms with Crippen molar-refractivity contribution < 1.29 is 4.79 Å². The summed E-state index contributed by atoms with van der Waals surface area (Å²) in [6.07, 6.45) is 3.44. The van der Waals surface area contributed by atoms with Gasteiger partial charge in [-0.3, -0.25) is 9.69 Å². The van der Waals surface area contributed by atoms with Gasteiger partial charge in [-0.15, -0.1) is 11.3 Å². The number of anilines is 1. The first-order valence-electron chi connectivity index (χ1n) is 6.11. The van der Waals surface area contributed by atoms with Gasteiger partial charge in [0.15, 0.2) is 5.13 Å². The molecule has 0 radical (unpaired) electrons. The number of imidazole rings is 1. The van der Waals surface area contributed by atoms with Crippen LogP contribution in [0.4, 0.5) is 5.13 Å². The second-order valence-corrected chi connectivity index (χ2v) is 4.90. The Hall–Kier alpha value is -1.73. The third-order valence-electron chi connectivity index (χ3n) is 2.64. The molecule has 19 heavy (non-hydrogen) atoms. The number of carbonyl (C=O) groups is 1. The Kier molecular flexibility index (Phi) is 4.64. The zero-order valence-electron chi connectivity index (χ0n) is 11.0. The number of hydrogen-bond donors (Lipinski definition) is 2. The lowest BCUT2D eigenvalue weighted by molar-refractivity contribution is -0.116. The summed E-state index contributed by atoms with van der Waals surface area (Å²) in [5.74, 6) is 0.0221. The van der Waals surface area contributed by atoms with Gasteiger partial charge in [0.05, 0.1) is 12.0 Å². The fraction of sp³-hybridized carbons (Fsp3) is 0.417. The van der Waals surface area contributed by atoms with Crippen LogP contribution in [0.15, 0.2) is 17.9 Å². The number of aromatic nitrogens is 3. The number of H-pyrrole nitrogens is 1. The number of nitrogens with one attached hydrogen (secondary N) is 2. The summed E-state index contributed by atoms with van der Waals surface area (Å²) >= 11 is 1.49. The van der Waals surface area contributed by atoms with E-state index >= 15 is 0 Å². The summed E-state index contributed by atoms with van der Waals surface area (Å²) in [5, 5.41) is 6.00. The van der Waals surface area contributed by atoms with Gasteiger partial charge in [0.2, 0.25) is 5.91 Å². The summed E-state index contributed by atoms with van der Waals surface area (Å²) in [4.78, 5) is 24.5. The van der Waals surface area contributed by atoms with Crippen molar-refractivity contribution in [2.45, 2.75) is 26.9 Å². The van der Waals surface area contributed by atoms with Gasteiger partial charge in [0.25, 0.3) is 0 Å². The number of rotatable bonds is 6. The molecule has 0 fully saturated rings. The lowest BCUT2D eigenvalue weighted by Gasteiger charge is -2.14. The molecule has 1 amide bonds. The van der Waals surface area contributed by atoms with Crippen LogP contribution in [0.3, 0.4) is 0 Å². The molecule has 0 saturated heterocycles. The highest BCUT2D eigenvalue weighted by Crippen LogP contribution is 2.20. The molecular weight excluding hydrogens is 262 g/mol. The Balaban J connectivity index is 1.88. The van der Waals surface area contributed by atoms with E-state index in [1.165, 1.54) is 11.3 Å². The van der Waals surface area contributed by atoms with Crippen LogP contribution >= 0.6 is 11.3 Å². The number of amides is 1. The van der Waals surface area contributed by atoms with Gasteiger partial charge in [-0.1, -0.05) is 0 Å². The molecule has 0 bridgehead atoms. The third kappa shape index (κ3) is 3.62. The minimum absolute atomic E-state index is 0.0221. The SMILES string of the molecule is CCN(C(C)=O)c1nc(CNCc2cnc[nH]2)cs1. The van der Waals surface area contributed by atoms with E-state index in [0.29, 0.717) is 13.1 Å². The quantitative estimate of drug-likeness (QED) is 0.841. The minimum Gasteiger partial charge on any atom is -0.347 e. The van der Waals surface area contributed by atoms with Crippen LogP contribution in [-0.4, -0.2) is 27.4 Å². The van der Waals surface area contributed by atoms with Crippen molar-refractivity contribution in [3.05, 3.63) is 29.3 Å². The topological polar surface area (TPSA) is 73.9 Å². The summed E-state index contributed by atoms with van der Waals surface area (Å²) in [7, 11) is 0. The van der Waals surface area contributed by atoms with Crippen LogP contribution in [0.5, 0.6) is 0 Å². The molecule has 0 spiro atoms. The Bertz CT molecular complexity index is 522. The van der Waals surface area contributed by atoms with Gasteiger partial charge in [0.1, 0.15) is 0 Å². The summed E-state index contributed by atoms with van der Waals surface area (Å²) < 4.78 is 0. The first-order chi connectivity index (χ1) is 9.20. The van der Waals surface area contributed by atoms with Gasteiger partial charge in [-0.05, 0) is 6.92 Å². The highest BCUT2D eigenvalue weighted by atomic mass is 32.1. The highest BCUT2D eigenvalue weighted by molar-refractivity contribution is 7.14. The van der Waals surface area contributed by atoms with Crippen molar-refractivity contribution in [2.75, 3.05) is 11.4 Å². The van der Waals surface area contributed by atoms with E-state index in [2.05, 4.69) is 20.3 Å². The minimum atomic E-state index is 0.0221. The molecule has 0 aliphatic heterocycles. The Morgan fingerprint density at radius 3 is 3.00 bits per heavy atom. The van der Waals surface area contributed by atoms with E-state index in [1.54, 1.807) is 24.3 Å². The van der Waals surface area contributed by atoms with E-state index in [1.807, 2.05) is 12.3 Å². The maximum atomic E-state index is 11.4. The molecule has 2 rings (SSSR count). The molecule has 0 aliphatic carbocycles. The van der Waals surface area contributed by atoms with Gasteiger partial charge in [-0.25, -0.2) is 9.97 Å². The zero-order chi connectivity index (χ0) is 13.7. The number of nitrogens with zero attached hydrogens (tertiary/aromatic N) is 3. The van der Waals surface area contributed by atoms with Crippen LogP contribution in [0.25, 0.3) is 0 Å². The molecule has 6 nitrogen and oxygen atoms in total. The molecule has 0 unspecified atom stereocenters. The molecule has 0 aromatic carbocycles. The zero-order valence-corrected chi connectivity index (χ0v) is 11.8. The largest absolute Gasteiger partial charge is 0.347 e. The predicted octanol–water partition coefficient (Wildman–Crippen LogP) is 1.53. The number of hydrogen-bond acceptors (Lipinski definition) is 5. The van der Waals surface area contributed by atoms with Gasteiger partial charge < -0.3 is 10.3 Å². The maximum Gasteiger partial charge on any atom is 0.225 e. The van der Waals surface area contributed by atoms with Crippen molar-refractivity contribution in [1.82, 2.24) is 20.3 Å². The normalized spacial score (nSPS) is 10.6. The van der Waals surface area contributed by atoms with Crippen molar-refractivity contribution in [1.29, 1.82) is 0 Å². The van der Waals surface area contributed by atoms with Crippen molar-refractivity contribution in [3.63, 3.8) is 0 Å². The Morgan fingerprint density at radius 2 is 2.37 bits per heavy atom. The molecule has 7 heteroatoms. The summed E-state index contributed by atoms with van der Waals surface area (Å²) in [6, 6.07) is 0. The average molecular weight is 279 g/mol. The third-order valence-corrected chi connectivity index (χ3v) is 3.56. The highest BCUT2D eigenvalue weighted by Gasteiger charge is 2.13. The summed E-state index contributed by atoms with van der Waals surface area (Å²) in [6.45, 7) is 5.53. The van der Waals surface area contributed by atoms with Gasteiger partial charge in [0, 0.05) is 43.8 Å². The van der Waals surface area contributed by atoms with Crippen LogP contribution in [0.2, 0.25) is 0 Å². The van der Waals surface area contributed by atoms with E-state index in [-0.39, 0.29) is 5.91 Å². The van der Waals surface area contributed by atoms with E-state index in [0.717, 1.165) is 23.1 Å². The van der Waals surface area contributed by atoms with Crippen molar-refractivity contribution >= 4 is 22.4 Å². The Morgan fingerprint density at radius 1 is 1.53 bits per heavy atom. The van der Waals surface area contributed by atoms with Gasteiger partial charge >= 0.3 is 0 Å².